The van der Waals surface area contributed by atoms with Gasteiger partial charge in [0.1, 0.15) is 30.5 Å². The molecule has 0 aromatic rings. The number of aliphatic hydroxyl groups is 4. The third-order valence-electron chi connectivity index (χ3n) is 11.9. The van der Waals surface area contributed by atoms with Crippen LogP contribution < -0.4 is 0 Å². The van der Waals surface area contributed by atoms with Crippen molar-refractivity contribution >= 4 is 5.97 Å². The van der Waals surface area contributed by atoms with Crippen LogP contribution in [0.15, 0.2) is 60.8 Å². The molecule has 0 saturated carbocycles. The summed E-state index contributed by atoms with van der Waals surface area (Å²) < 4.78 is 22.8. The van der Waals surface area contributed by atoms with Gasteiger partial charge in [-0.3, -0.25) is 4.79 Å². The highest BCUT2D eigenvalue weighted by atomic mass is 16.7. The van der Waals surface area contributed by atoms with Crippen molar-refractivity contribution < 1.29 is 44.2 Å². The van der Waals surface area contributed by atoms with E-state index in [-0.39, 0.29) is 19.2 Å². The van der Waals surface area contributed by atoms with Crippen LogP contribution in [0, 0.1) is 0 Å². The van der Waals surface area contributed by atoms with Gasteiger partial charge in [0.2, 0.25) is 0 Å². The fraction of sp³-hybridized carbons (Fsp3) is 0.800. The number of unbranched alkanes of at least 4 members (excludes halogenated alkanes) is 24. The summed E-state index contributed by atoms with van der Waals surface area (Å²) in [6, 6.07) is 0. The van der Waals surface area contributed by atoms with Crippen LogP contribution in [0.4, 0.5) is 0 Å². The molecule has 4 N–H and O–H groups in total. The first-order valence-electron chi connectivity index (χ1n) is 26.4. The van der Waals surface area contributed by atoms with E-state index in [1.165, 1.54) is 128 Å². The number of ether oxygens (including phenoxy) is 4. The van der Waals surface area contributed by atoms with Crippen molar-refractivity contribution in [3.8, 4) is 0 Å². The van der Waals surface area contributed by atoms with Crippen LogP contribution in [0.2, 0.25) is 0 Å². The Morgan fingerprint density at radius 2 is 0.953 bits per heavy atom. The number of allylic oxidation sites excluding steroid dienone is 10. The normalized spacial score (nSPS) is 20.0. The fourth-order valence-corrected chi connectivity index (χ4v) is 7.87. The number of carbonyl (C=O) groups excluding carboxylic acids is 1. The van der Waals surface area contributed by atoms with E-state index in [9.17, 15) is 25.2 Å². The van der Waals surface area contributed by atoms with Gasteiger partial charge in [-0.1, -0.05) is 216 Å². The van der Waals surface area contributed by atoms with E-state index in [1.54, 1.807) is 0 Å². The largest absolute Gasteiger partial charge is 0.457 e. The lowest BCUT2D eigenvalue weighted by Gasteiger charge is -2.39. The molecular formula is C55H98O9. The molecule has 1 aliphatic heterocycles. The van der Waals surface area contributed by atoms with Crippen LogP contribution in [0.1, 0.15) is 219 Å². The van der Waals surface area contributed by atoms with Gasteiger partial charge in [-0.25, -0.2) is 0 Å². The maximum Gasteiger partial charge on any atom is 0.306 e. The average molecular weight is 903 g/mol. The fourth-order valence-electron chi connectivity index (χ4n) is 7.87. The molecule has 372 valence electrons. The summed E-state index contributed by atoms with van der Waals surface area (Å²) in [7, 11) is 0. The minimum Gasteiger partial charge on any atom is -0.457 e. The monoisotopic (exact) mass is 903 g/mol. The number of hydrogen-bond donors (Lipinski definition) is 4. The Morgan fingerprint density at radius 1 is 0.516 bits per heavy atom. The van der Waals surface area contributed by atoms with Crippen molar-refractivity contribution in [3.63, 3.8) is 0 Å². The molecule has 0 aromatic heterocycles. The molecule has 0 radical (unpaired) electrons. The predicted octanol–water partition coefficient (Wildman–Crippen LogP) is 13.0. The molecule has 1 saturated heterocycles. The zero-order valence-corrected chi connectivity index (χ0v) is 41.0. The molecule has 1 fully saturated rings. The zero-order valence-electron chi connectivity index (χ0n) is 41.0. The highest BCUT2D eigenvalue weighted by Crippen LogP contribution is 2.23. The molecule has 0 spiro atoms. The van der Waals surface area contributed by atoms with Crippen LogP contribution in [0.5, 0.6) is 0 Å². The lowest BCUT2D eigenvalue weighted by atomic mass is 9.99. The first-order chi connectivity index (χ1) is 31.4. The summed E-state index contributed by atoms with van der Waals surface area (Å²) in [5, 5.41) is 40.2. The number of rotatable bonds is 45. The highest BCUT2D eigenvalue weighted by Gasteiger charge is 2.44. The molecule has 64 heavy (non-hydrogen) atoms. The number of aliphatic hydroxyl groups excluding tert-OH is 4. The van der Waals surface area contributed by atoms with Crippen LogP contribution >= 0.6 is 0 Å². The second-order valence-electron chi connectivity index (χ2n) is 17.9. The van der Waals surface area contributed by atoms with Crippen molar-refractivity contribution in [3.05, 3.63) is 60.8 Å². The Kier molecular flexibility index (Phi) is 43.1. The van der Waals surface area contributed by atoms with Gasteiger partial charge in [0.15, 0.2) is 6.29 Å². The number of esters is 1. The van der Waals surface area contributed by atoms with Crippen molar-refractivity contribution in [2.45, 2.75) is 256 Å². The van der Waals surface area contributed by atoms with Gasteiger partial charge < -0.3 is 39.4 Å². The van der Waals surface area contributed by atoms with Gasteiger partial charge in [0, 0.05) is 13.0 Å². The second kappa shape index (κ2) is 46.0. The van der Waals surface area contributed by atoms with Crippen LogP contribution in [-0.2, 0) is 23.7 Å². The quantitative estimate of drug-likeness (QED) is 0.0268. The molecule has 1 aliphatic rings. The predicted molar refractivity (Wildman–Crippen MR) is 265 cm³/mol. The van der Waals surface area contributed by atoms with Gasteiger partial charge in [-0.05, 0) is 57.8 Å². The van der Waals surface area contributed by atoms with Gasteiger partial charge >= 0.3 is 5.97 Å². The lowest BCUT2D eigenvalue weighted by Crippen LogP contribution is -2.59. The second-order valence-corrected chi connectivity index (χ2v) is 17.9. The van der Waals surface area contributed by atoms with Crippen molar-refractivity contribution in [2.24, 2.45) is 0 Å². The van der Waals surface area contributed by atoms with Gasteiger partial charge in [-0.15, -0.1) is 0 Å². The molecule has 0 aliphatic carbocycles. The summed E-state index contributed by atoms with van der Waals surface area (Å²) in [5.74, 6) is -0.326. The molecule has 9 nitrogen and oxygen atoms in total. The third kappa shape index (κ3) is 36.1. The Balaban J connectivity index is 2.21. The Labute approximate surface area is 392 Å². The van der Waals surface area contributed by atoms with Crippen LogP contribution in [-0.4, -0.2) is 89.6 Å². The summed E-state index contributed by atoms with van der Waals surface area (Å²) in [6.07, 6.45) is 52.7. The third-order valence-corrected chi connectivity index (χ3v) is 11.9. The minimum absolute atomic E-state index is 0.115. The summed E-state index contributed by atoms with van der Waals surface area (Å²) in [5.41, 5.74) is 0. The SMILES string of the molecule is CC/C=C\C/C=C\C/C=C\C/C=C\C/C=C\CCCCOCC(COC1OC(CO)C(O)C(O)C1O)OC(=O)CCCCCCCCCCCCCCCCCCCCCCCCC. The van der Waals surface area contributed by atoms with Gasteiger partial charge in [-0.2, -0.15) is 0 Å². The maximum atomic E-state index is 12.8. The van der Waals surface area contributed by atoms with E-state index < -0.39 is 43.4 Å². The standard InChI is InChI=1S/C55H98O9/c1-3-5-7-9-11-13-15-17-19-21-23-24-25-26-27-28-30-32-34-36-38-40-42-44-51(57)63-49(48-62-55-54(60)53(59)52(58)50(46-56)64-55)47-61-45-43-41-39-37-35-33-31-29-22-20-18-16-14-12-10-8-6-4-2/h6,8,12,14,18,20,29,31,35,37,49-50,52-56,58-60H,3-5,7,9-11,13,15-17,19,21-28,30,32-34,36,38-48H2,1-2H3/b8-6-,14-12-,20-18-,31-29-,37-35-. The van der Waals surface area contributed by atoms with Crippen molar-refractivity contribution in [2.75, 3.05) is 26.4 Å². The molecule has 6 atom stereocenters. The molecule has 0 amide bonds. The first kappa shape index (κ1) is 59.9. The topological polar surface area (TPSA) is 135 Å². The Morgan fingerprint density at radius 3 is 1.41 bits per heavy atom. The smallest absolute Gasteiger partial charge is 0.306 e. The molecule has 1 rings (SSSR count). The zero-order chi connectivity index (χ0) is 46.4. The average Bonchev–Trinajstić information content (AvgIpc) is 3.30. The van der Waals surface area contributed by atoms with E-state index in [1.807, 2.05) is 0 Å². The Bertz CT molecular complexity index is 1160. The molecule has 9 heteroatoms. The molecule has 0 aromatic carbocycles. The van der Waals surface area contributed by atoms with Crippen molar-refractivity contribution in [1.29, 1.82) is 0 Å². The van der Waals surface area contributed by atoms with Crippen molar-refractivity contribution in [1.82, 2.24) is 0 Å². The number of carbonyl (C=O) groups is 1. The maximum absolute atomic E-state index is 12.8. The van der Waals surface area contributed by atoms with Crippen LogP contribution in [0.3, 0.4) is 0 Å². The lowest BCUT2D eigenvalue weighted by molar-refractivity contribution is -0.305. The van der Waals surface area contributed by atoms with Crippen LogP contribution in [0.25, 0.3) is 0 Å². The van der Waals surface area contributed by atoms with E-state index in [0.29, 0.717) is 13.0 Å². The summed E-state index contributed by atoms with van der Waals surface area (Å²) >= 11 is 0. The Hall–Kier alpha value is -2.11. The first-order valence-corrected chi connectivity index (χ1v) is 26.4. The number of hydrogen-bond acceptors (Lipinski definition) is 9. The molecule has 1 heterocycles. The van der Waals surface area contributed by atoms with E-state index in [0.717, 1.165) is 70.6 Å². The molecular weight excluding hydrogens is 805 g/mol. The molecule has 0 bridgehead atoms. The molecule has 6 unspecified atom stereocenters. The highest BCUT2D eigenvalue weighted by molar-refractivity contribution is 5.69. The summed E-state index contributed by atoms with van der Waals surface area (Å²) in [6.45, 7) is 4.36. The van der Waals surface area contributed by atoms with E-state index >= 15 is 0 Å². The van der Waals surface area contributed by atoms with E-state index in [4.69, 9.17) is 18.9 Å². The minimum atomic E-state index is -1.55. The summed E-state index contributed by atoms with van der Waals surface area (Å²) in [4.78, 5) is 12.8. The van der Waals surface area contributed by atoms with Gasteiger partial charge in [0.25, 0.3) is 0 Å². The van der Waals surface area contributed by atoms with Gasteiger partial charge in [0.05, 0.1) is 19.8 Å². The van der Waals surface area contributed by atoms with E-state index in [2.05, 4.69) is 74.6 Å².